The normalized spacial score (nSPS) is 15.1. The van der Waals surface area contributed by atoms with E-state index < -0.39 is 0 Å². The summed E-state index contributed by atoms with van der Waals surface area (Å²) in [6, 6.07) is 14.6. The molecule has 2 aromatic carbocycles. The van der Waals surface area contributed by atoms with Gasteiger partial charge < -0.3 is 15.0 Å². The van der Waals surface area contributed by atoms with Gasteiger partial charge in [-0.25, -0.2) is 0 Å². The lowest BCUT2D eigenvalue weighted by molar-refractivity contribution is -0.117. The minimum atomic E-state index is -0.177. The van der Waals surface area contributed by atoms with E-state index in [0.29, 0.717) is 12.0 Å². The number of methoxy groups -OCH3 is 1. The average molecular weight is 338 g/mol. The Bertz CT molecular complexity index is 771. The van der Waals surface area contributed by atoms with Gasteiger partial charge in [0.15, 0.2) is 0 Å². The van der Waals surface area contributed by atoms with Crippen LogP contribution in [0.1, 0.15) is 41.7 Å². The van der Waals surface area contributed by atoms with Gasteiger partial charge in [-0.2, -0.15) is 0 Å². The second-order valence-electron chi connectivity index (χ2n) is 6.13. The van der Waals surface area contributed by atoms with E-state index in [-0.39, 0.29) is 17.9 Å². The van der Waals surface area contributed by atoms with Crippen LogP contribution in [-0.4, -0.2) is 25.5 Å². The van der Waals surface area contributed by atoms with E-state index in [0.717, 1.165) is 30.0 Å². The fourth-order valence-corrected chi connectivity index (χ4v) is 3.10. The first kappa shape index (κ1) is 17.0. The van der Waals surface area contributed by atoms with Crippen LogP contribution in [0.15, 0.2) is 48.5 Å². The molecule has 1 aliphatic rings. The van der Waals surface area contributed by atoms with Crippen molar-refractivity contribution in [2.45, 2.75) is 25.8 Å². The van der Waals surface area contributed by atoms with Gasteiger partial charge in [0.1, 0.15) is 5.75 Å². The monoisotopic (exact) mass is 338 g/mol. The molecular weight excluding hydrogens is 316 g/mol. The molecule has 0 bridgehead atoms. The molecule has 0 aromatic heterocycles. The number of nitrogens with zero attached hydrogens (tertiary/aromatic N) is 1. The second kappa shape index (κ2) is 7.38. The number of ether oxygens (including phenoxy) is 1. The summed E-state index contributed by atoms with van der Waals surface area (Å²) in [5.74, 6) is 0.734. The van der Waals surface area contributed by atoms with Crippen LogP contribution in [0.5, 0.6) is 5.75 Å². The van der Waals surface area contributed by atoms with Gasteiger partial charge in [-0.1, -0.05) is 18.2 Å². The highest BCUT2D eigenvalue weighted by molar-refractivity contribution is 5.97. The van der Waals surface area contributed by atoms with Gasteiger partial charge in [0, 0.05) is 29.8 Å². The molecule has 5 heteroatoms. The van der Waals surface area contributed by atoms with E-state index in [1.807, 2.05) is 43.3 Å². The van der Waals surface area contributed by atoms with Crippen LogP contribution in [0.2, 0.25) is 0 Å². The Balaban J connectivity index is 1.69. The highest BCUT2D eigenvalue weighted by Gasteiger charge is 2.22. The van der Waals surface area contributed by atoms with E-state index in [2.05, 4.69) is 5.32 Å². The second-order valence-corrected chi connectivity index (χ2v) is 6.13. The van der Waals surface area contributed by atoms with Crippen molar-refractivity contribution in [2.24, 2.45) is 0 Å². The van der Waals surface area contributed by atoms with Crippen molar-refractivity contribution in [2.75, 3.05) is 18.6 Å². The summed E-state index contributed by atoms with van der Waals surface area (Å²) in [6.07, 6.45) is 1.48. The molecule has 25 heavy (non-hydrogen) atoms. The van der Waals surface area contributed by atoms with Crippen LogP contribution >= 0.6 is 0 Å². The Kier molecular flexibility index (Phi) is 5.03. The molecule has 1 heterocycles. The third-order valence-electron chi connectivity index (χ3n) is 4.47. The first-order valence-electron chi connectivity index (χ1n) is 8.44. The molecule has 0 aliphatic carbocycles. The van der Waals surface area contributed by atoms with Gasteiger partial charge in [-0.15, -0.1) is 0 Å². The average Bonchev–Trinajstić information content (AvgIpc) is 3.07. The largest absolute Gasteiger partial charge is 0.496 e. The SMILES string of the molecule is COc1ccccc1[C@@H](C)NC(=O)c1ccc(N2CCCC2=O)cc1. The number of benzene rings is 2. The molecule has 130 valence electrons. The molecule has 2 amide bonds. The van der Waals surface area contributed by atoms with Crippen molar-refractivity contribution in [1.29, 1.82) is 0 Å². The van der Waals surface area contributed by atoms with Crippen LogP contribution < -0.4 is 15.0 Å². The van der Waals surface area contributed by atoms with Crippen LogP contribution in [0.25, 0.3) is 0 Å². The topological polar surface area (TPSA) is 58.6 Å². The van der Waals surface area contributed by atoms with E-state index in [4.69, 9.17) is 4.74 Å². The fourth-order valence-electron chi connectivity index (χ4n) is 3.10. The van der Waals surface area contributed by atoms with E-state index in [1.165, 1.54) is 0 Å². The fraction of sp³-hybridized carbons (Fsp3) is 0.300. The third kappa shape index (κ3) is 3.65. The molecule has 3 rings (SSSR count). The number of rotatable bonds is 5. The van der Waals surface area contributed by atoms with Gasteiger partial charge in [0.25, 0.3) is 5.91 Å². The zero-order valence-electron chi connectivity index (χ0n) is 14.5. The summed E-state index contributed by atoms with van der Waals surface area (Å²) >= 11 is 0. The molecule has 1 N–H and O–H groups in total. The predicted octanol–water partition coefficient (Wildman–Crippen LogP) is 3.31. The van der Waals surface area contributed by atoms with Crippen molar-refractivity contribution in [3.63, 3.8) is 0 Å². The quantitative estimate of drug-likeness (QED) is 0.910. The molecule has 1 atom stereocenters. The third-order valence-corrected chi connectivity index (χ3v) is 4.47. The Morgan fingerprint density at radius 3 is 2.52 bits per heavy atom. The summed E-state index contributed by atoms with van der Waals surface area (Å²) in [6.45, 7) is 2.67. The van der Waals surface area contributed by atoms with E-state index in [9.17, 15) is 9.59 Å². The summed E-state index contributed by atoms with van der Waals surface area (Å²) in [7, 11) is 1.62. The number of amides is 2. The first-order valence-corrected chi connectivity index (χ1v) is 8.44. The number of para-hydroxylation sites is 1. The lowest BCUT2D eigenvalue weighted by Crippen LogP contribution is -2.27. The van der Waals surface area contributed by atoms with Crippen molar-refractivity contribution < 1.29 is 14.3 Å². The van der Waals surface area contributed by atoms with E-state index in [1.54, 1.807) is 24.1 Å². The molecule has 0 unspecified atom stereocenters. The standard InChI is InChI=1S/C20H22N2O3/c1-14(17-6-3-4-7-18(17)25-2)21-20(24)15-9-11-16(12-10-15)22-13-5-8-19(22)23/h3-4,6-7,9-12,14H,5,8,13H2,1-2H3,(H,21,24)/t14-/m1/s1. The summed E-state index contributed by atoms with van der Waals surface area (Å²) in [5.41, 5.74) is 2.34. The minimum Gasteiger partial charge on any atom is -0.496 e. The van der Waals surface area contributed by atoms with Gasteiger partial charge in [-0.3, -0.25) is 9.59 Å². The van der Waals surface area contributed by atoms with E-state index >= 15 is 0 Å². The number of anilines is 1. The molecular formula is C20H22N2O3. The van der Waals surface area contributed by atoms with Crippen LogP contribution in [0, 0.1) is 0 Å². The number of carbonyl (C=O) groups excluding carboxylic acids is 2. The van der Waals surface area contributed by atoms with Crippen LogP contribution in [0.3, 0.4) is 0 Å². The Morgan fingerprint density at radius 2 is 1.88 bits per heavy atom. The Hall–Kier alpha value is -2.82. The van der Waals surface area contributed by atoms with Gasteiger partial charge in [-0.05, 0) is 43.7 Å². The number of nitrogens with one attached hydrogen (secondary N) is 1. The molecule has 2 aromatic rings. The molecule has 0 radical (unpaired) electrons. The first-order chi connectivity index (χ1) is 12.1. The number of hydrogen-bond donors (Lipinski definition) is 1. The van der Waals surface area contributed by atoms with Crippen LogP contribution in [-0.2, 0) is 4.79 Å². The Labute approximate surface area is 147 Å². The Morgan fingerprint density at radius 1 is 1.16 bits per heavy atom. The lowest BCUT2D eigenvalue weighted by atomic mass is 10.1. The van der Waals surface area contributed by atoms with Crippen molar-refractivity contribution in [1.82, 2.24) is 5.32 Å². The maximum Gasteiger partial charge on any atom is 0.251 e. The summed E-state index contributed by atoms with van der Waals surface area (Å²) in [4.78, 5) is 26.0. The summed E-state index contributed by atoms with van der Waals surface area (Å²) < 4.78 is 5.35. The molecule has 1 fully saturated rings. The number of carbonyl (C=O) groups is 2. The molecule has 0 spiro atoms. The lowest BCUT2D eigenvalue weighted by Gasteiger charge is -2.18. The maximum atomic E-state index is 12.5. The zero-order valence-corrected chi connectivity index (χ0v) is 14.5. The van der Waals surface area contributed by atoms with Gasteiger partial charge in [0.2, 0.25) is 5.91 Å². The van der Waals surface area contributed by atoms with Crippen LogP contribution in [0.4, 0.5) is 5.69 Å². The molecule has 5 nitrogen and oxygen atoms in total. The molecule has 1 saturated heterocycles. The molecule has 1 aliphatic heterocycles. The summed E-state index contributed by atoms with van der Waals surface area (Å²) in [5, 5.41) is 2.99. The van der Waals surface area contributed by atoms with Crippen molar-refractivity contribution in [3.8, 4) is 5.75 Å². The van der Waals surface area contributed by atoms with Gasteiger partial charge in [0.05, 0.1) is 13.2 Å². The molecule has 0 saturated carbocycles. The predicted molar refractivity (Wildman–Crippen MR) is 96.9 cm³/mol. The highest BCUT2D eigenvalue weighted by Crippen LogP contribution is 2.25. The minimum absolute atomic E-state index is 0.141. The maximum absolute atomic E-state index is 12.5. The smallest absolute Gasteiger partial charge is 0.251 e. The van der Waals surface area contributed by atoms with Gasteiger partial charge >= 0.3 is 0 Å². The highest BCUT2D eigenvalue weighted by atomic mass is 16.5. The van der Waals surface area contributed by atoms with Crippen molar-refractivity contribution in [3.05, 3.63) is 59.7 Å². The number of hydrogen-bond acceptors (Lipinski definition) is 3. The van der Waals surface area contributed by atoms with Crippen molar-refractivity contribution >= 4 is 17.5 Å². The zero-order chi connectivity index (χ0) is 17.8.